The summed E-state index contributed by atoms with van der Waals surface area (Å²) in [4.78, 5) is 0. The van der Waals surface area contributed by atoms with Gasteiger partial charge in [0.1, 0.15) is 0 Å². The average Bonchev–Trinajstić information content (AvgIpc) is 2.45. The van der Waals surface area contributed by atoms with Gasteiger partial charge >= 0.3 is 0 Å². The highest BCUT2D eigenvalue weighted by Crippen LogP contribution is 2.31. The van der Waals surface area contributed by atoms with Crippen LogP contribution in [0.1, 0.15) is 36.1 Å². The number of hydrogen-bond donors (Lipinski definition) is 1. The molecule has 0 aliphatic rings. The van der Waals surface area contributed by atoms with E-state index in [0.29, 0.717) is 0 Å². The third-order valence-electron chi connectivity index (χ3n) is 3.41. The van der Waals surface area contributed by atoms with E-state index in [0.717, 1.165) is 15.4 Å². The fraction of sp³-hybridized carbons (Fsp3) is 0.294. The summed E-state index contributed by atoms with van der Waals surface area (Å²) in [6.45, 7) is 2.21. The Kier molecular flexibility index (Phi) is 5.82. The first-order valence-electron chi connectivity index (χ1n) is 6.86. The minimum absolute atomic E-state index is 0.192. The summed E-state index contributed by atoms with van der Waals surface area (Å²) in [5.41, 5.74) is 3.93. The first-order chi connectivity index (χ1) is 9.65. The normalized spacial score (nSPS) is 12.4. The van der Waals surface area contributed by atoms with Crippen LogP contribution in [0.5, 0.6) is 0 Å². The number of rotatable bonds is 5. The maximum atomic E-state index is 3.65. The van der Waals surface area contributed by atoms with Crippen LogP contribution in [0.15, 0.2) is 51.4 Å². The summed E-state index contributed by atoms with van der Waals surface area (Å²) in [6, 6.07) is 15.4. The van der Waals surface area contributed by atoms with Crippen molar-refractivity contribution >= 4 is 31.9 Å². The standard InChI is InChI=1S/C17H19Br2N/c1-3-4-12-5-7-13(8-6-12)17(20-2)15-11-14(18)9-10-16(15)19/h5-11,17,20H,3-4H2,1-2H3. The van der Waals surface area contributed by atoms with E-state index >= 15 is 0 Å². The van der Waals surface area contributed by atoms with Crippen molar-refractivity contribution in [2.75, 3.05) is 7.05 Å². The molecule has 0 heterocycles. The molecule has 3 heteroatoms. The third-order valence-corrected chi connectivity index (χ3v) is 4.62. The van der Waals surface area contributed by atoms with Gasteiger partial charge in [-0.25, -0.2) is 0 Å². The molecule has 0 spiro atoms. The van der Waals surface area contributed by atoms with Gasteiger partial charge in [-0.05, 0) is 48.4 Å². The topological polar surface area (TPSA) is 12.0 Å². The van der Waals surface area contributed by atoms with Crippen LogP contribution in [-0.4, -0.2) is 7.05 Å². The molecule has 1 unspecified atom stereocenters. The molecule has 0 saturated heterocycles. The van der Waals surface area contributed by atoms with Crippen molar-refractivity contribution in [1.82, 2.24) is 5.32 Å². The molecule has 0 aliphatic carbocycles. The van der Waals surface area contributed by atoms with Gasteiger partial charge < -0.3 is 5.32 Å². The molecule has 2 aromatic carbocycles. The van der Waals surface area contributed by atoms with Gasteiger partial charge in [0.05, 0.1) is 6.04 Å². The second kappa shape index (κ2) is 7.39. The summed E-state index contributed by atoms with van der Waals surface area (Å²) < 4.78 is 2.22. The smallest absolute Gasteiger partial charge is 0.0585 e. The van der Waals surface area contributed by atoms with Gasteiger partial charge in [-0.3, -0.25) is 0 Å². The summed E-state index contributed by atoms with van der Waals surface area (Å²) in [5.74, 6) is 0. The quantitative estimate of drug-likeness (QED) is 0.706. The maximum Gasteiger partial charge on any atom is 0.0585 e. The number of nitrogens with one attached hydrogen (secondary N) is 1. The van der Waals surface area contributed by atoms with Gasteiger partial charge in [-0.2, -0.15) is 0 Å². The molecule has 0 aromatic heterocycles. The largest absolute Gasteiger partial charge is 0.309 e. The van der Waals surface area contributed by atoms with Crippen LogP contribution < -0.4 is 5.32 Å². The molecular formula is C17H19Br2N. The van der Waals surface area contributed by atoms with Crippen molar-refractivity contribution in [3.8, 4) is 0 Å². The van der Waals surface area contributed by atoms with Crippen molar-refractivity contribution in [2.24, 2.45) is 0 Å². The molecule has 0 bridgehead atoms. The van der Waals surface area contributed by atoms with Crippen molar-refractivity contribution in [1.29, 1.82) is 0 Å². The van der Waals surface area contributed by atoms with E-state index in [-0.39, 0.29) is 6.04 Å². The Bertz CT molecular complexity index is 564. The Morgan fingerprint density at radius 2 is 1.75 bits per heavy atom. The highest BCUT2D eigenvalue weighted by molar-refractivity contribution is 9.11. The second-order valence-electron chi connectivity index (χ2n) is 4.88. The predicted octanol–water partition coefficient (Wildman–Crippen LogP) is 5.47. The van der Waals surface area contributed by atoms with Crippen LogP contribution >= 0.6 is 31.9 Å². The van der Waals surface area contributed by atoms with Crippen LogP contribution in [0.3, 0.4) is 0 Å². The second-order valence-corrected chi connectivity index (χ2v) is 6.65. The first-order valence-corrected chi connectivity index (χ1v) is 8.45. The van der Waals surface area contributed by atoms with Gasteiger partial charge in [0.15, 0.2) is 0 Å². The molecule has 0 aliphatic heterocycles. The lowest BCUT2D eigenvalue weighted by Gasteiger charge is -2.19. The fourth-order valence-corrected chi connectivity index (χ4v) is 3.26. The molecule has 2 aromatic rings. The molecule has 0 fully saturated rings. The van der Waals surface area contributed by atoms with Crippen LogP contribution in [-0.2, 0) is 6.42 Å². The van der Waals surface area contributed by atoms with E-state index < -0.39 is 0 Å². The van der Waals surface area contributed by atoms with E-state index in [1.165, 1.54) is 23.1 Å². The molecule has 106 valence electrons. The molecule has 0 saturated carbocycles. The number of aryl methyl sites for hydroxylation is 1. The molecule has 2 rings (SSSR count). The third kappa shape index (κ3) is 3.72. The average molecular weight is 397 g/mol. The molecule has 0 radical (unpaired) electrons. The van der Waals surface area contributed by atoms with E-state index in [1.54, 1.807) is 0 Å². The summed E-state index contributed by atoms with van der Waals surface area (Å²) in [7, 11) is 2.00. The van der Waals surface area contributed by atoms with Gasteiger partial charge in [-0.1, -0.05) is 69.5 Å². The van der Waals surface area contributed by atoms with E-state index in [1.807, 2.05) is 13.1 Å². The zero-order valence-corrected chi connectivity index (χ0v) is 15.0. The SMILES string of the molecule is CCCc1ccc(C(NC)c2cc(Br)ccc2Br)cc1. The van der Waals surface area contributed by atoms with Crippen molar-refractivity contribution in [3.63, 3.8) is 0 Å². The number of hydrogen-bond acceptors (Lipinski definition) is 1. The van der Waals surface area contributed by atoms with E-state index in [2.05, 4.69) is 80.5 Å². The summed E-state index contributed by atoms with van der Waals surface area (Å²) in [6.07, 6.45) is 2.33. The maximum absolute atomic E-state index is 3.65. The van der Waals surface area contributed by atoms with Gasteiger partial charge in [-0.15, -0.1) is 0 Å². The molecule has 1 atom stereocenters. The van der Waals surface area contributed by atoms with Gasteiger partial charge in [0, 0.05) is 8.95 Å². The van der Waals surface area contributed by atoms with Crippen LogP contribution in [0.2, 0.25) is 0 Å². The van der Waals surface area contributed by atoms with Crippen LogP contribution in [0, 0.1) is 0 Å². The number of halogens is 2. The van der Waals surface area contributed by atoms with Gasteiger partial charge in [0.25, 0.3) is 0 Å². The zero-order valence-electron chi connectivity index (χ0n) is 11.8. The molecular weight excluding hydrogens is 378 g/mol. The lowest BCUT2D eigenvalue weighted by atomic mass is 9.97. The van der Waals surface area contributed by atoms with Crippen molar-refractivity contribution < 1.29 is 0 Å². The number of benzene rings is 2. The minimum Gasteiger partial charge on any atom is -0.309 e. The van der Waals surface area contributed by atoms with Gasteiger partial charge in [0.2, 0.25) is 0 Å². The Hall–Kier alpha value is -0.640. The van der Waals surface area contributed by atoms with Crippen LogP contribution in [0.25, 0.3) is 0 Å². The highest BCUT2D eigenvalue weighted by atomic mass is 79.9. The van der Waals surface area contributed by atoms with E-state index in [4.69, 9.17) is 0 Å². The highest BCUT2D eigenvalue weighted by Gasteiger charge is 2.15. The Balaban J connectivity index is 2.34. The Labute approximate surface area is 138 Å². The molecule has 1 nitrogen and oxygen atoms in total. The Morgan fingerprint density at radius 3 is 2.35 bits per heavy atom. The Morgan fingerprint density at radius 1 is 1.05 bits per heavy atom. The molecule has 0 amide bonds. The van der Waals surface area contributed by atoms with Crippen molar-refractivity contribution in [2.45, 2.75) is 25.8 Å². The predicted molar refractivity (Wildman–Crippen MR) is 93.2 cm³/mol. The molecule has 20 heavy (non-hydrogen) atoms. The van der Waals surface area contributed by atoms with E-state index in [9.17, 15) is 0 Å². The zero-order chi connectivity index (χ0) is 14.5. The fourth-order valence-electron chi connectivity index (χ4n) is 2.40. The lowest BCUT2D eigenvalue weighted by Crippen LogP contribution is -2.18. The minimum atomic E-state index is 0.192. The lowest BCUT2D eigenvalue weighted by molar-refractivity contribution is 0.688. The monoisotopic (exact) mass is 395 g/mol. The van der Waals surface area contributed by atoms with Crippen LogP contribution in [0.4, 0.5) is 0 Å². The van der Waals surface area contributed by atoms with Crippen molar-refractivity contribution in [3.05, 3.63) is 68.1 Å². The summed E-state index contributed by atoms with van der Waals surface area (Å²) >= 11 is 7.20. The molecule has 1 N–H and O–H groups in total. The first kappa shape index (κ1) is 15.7. The summed E-state index contributed by atoms with van der Waals surface area (Å²) in [5, 5.41) is 3.40.